The van der Waals surface area contributed by atoms with Gasteiger partial charge >= 0.3 is 0 Å². The minimum Gasteiger partial charge on any atom is -0.512 e. The van der Waals surface area contributed by atoms with E-state index in [4.69, 9.17) is 11.6 Å². The predicted molar refractivity (Wildman–Crippen MR) is 71.1 cm³/mol. The summed E-state index contributed by atoms with van der Waals surface area (Å²) in [5.41, 5.74) is 1.92. The molecule has 0 saturated heterocycles. The second-order valence-electron chi connectivity index (χ2n) is 3.73. The van der Waals surface area contributed by atoms with Gasteiger partial charge in [0.25, 0.3) is 0 Å². The van der Waals surface area contributed by atoms with Crippen molar-refractivity contribution >= 4 is 23.0 Å². The van der Waals surface area contributed by atoms with Crippen molar-refractivity contribution in [3.8, 4) is 0 Å². The molecule has 17 heavy (non-hydrogen) atoms. The summed E-state index contributed by atoms with van der Waals surface area (Å²) in [6.45, 7) is 4.78. The van der Waals surface area contributed by atoms with Gasteiger partial charge in [0, 0.05) is 5.02 Å². The van der Waals surface area contributed by atoms with Crippen LogP contribution in [0.1, 0.15) is 26.3 Å². The van der Waals surface area contributed by atoms with Crippen LogP contribution in [-0.4, -0.2) is 10.9 Å². The number of allylic oxidation sites excluding steroid dienone is 4. The van der Waals surface area contributed by atoms with Crippen LogP contribution >= 0.6 is 11.6 Å². The summed E-state index contributed by atoms with van der Waals surface area (Å²) in [7, 11) is 0. The molecule has 0 aliphatic heterocycles. The number of rotatable bonds is 3. The smallest absolute Gasteiger partial charge is 0.163 e. The molecule has 1 aromatic rings. The normalized spacial score (nSPS) is 13.3. The fraction of sp³-hybridized carbons (Fsp3) is 0.214. The molecule has 0 radical (unpaired) electrons. The predicted octanol–water partition coefficient (Wildman–Crippen LogP) is 4.16. The lowest BCUT2D eigenvalue weighted by molar-refractivity contribution is -0.113. The lowest BCUT2D eigenvalue weighted by atomic mass is 9.94. The van der Waals surface area contributed by atoms with Crippen LogP contribution in [0.4, 0.5) is 0 Å². The molecule has 0 aliphatic carbocycles. The first-order valence-corrected chi connectivity index (χ1v) is 5.68. The Morgan fingerprint density at radius 1 is 1.24 bits per heavy atom. The van der Waals surface area contributed by atoms with E-state index in [9.17, 15) is 9.90 Å². The Kier molecular flexibility index (Phi) is 4.53. The summed E-state index contributed by atoms with van der Waals surface area (Å²) in [5.74, 6) is -0.131. The number of ketones is 1. The standard InChI is InChI=1S/C14H15ClO2/c1-4-13(14(9(2)16)10(3)17)11-5-7-12(15)8-6-11/h4-8,16H,1-3H3/b13-4+,14-9+. The molecular formula is C14H15ClO2. The zero-order valence-electron chi connectivity index (χ0n) is 10.1. The first-order valence-electron chi connectivity index (χ1n) is 5.30. The van der Waals surface area contributed by atoms with Gasteiger partial charge in [-0.15, -0.1) is 0 Å². The summed E-state index contributed by atoms with van der Waals surface area (Å²) in [4.78, 5) is 11.5. The summed E-state index contributed by atoms with van der Waals surface area (Å²) in [6, 6.07) is 7.16. The van der Waals surface area contributed by atoms with Crippen LogP contribution < -0.4 is 0 Å². The van der Waals surface area contributed by atoms with Crippen LogP contribution in [0.15, 0.2) is 41.7 Å². The topological polar surface area (TPSA) is 37.3 Å². The van der Waals surface area contributed by atoms with Gasteiger partial charge in [0.1, 0.15) is 5.76 Å². The van der Waals surface area contributed by atoms with Crippen LogP contribution in [0.3, 0.4) is 0 Å². The number of hydrogen-bond acceptors (Lipinski definition) is 2. The molecule has 2 nitrogen and oxygen atoms in total. The highest BCUT2D eigenvalue weighted by Crippen LogP contribution is 2.26. The molecule has 0 amide bonds. The van der Waals surface area contributed by atoms with Crippen LogP contribution in [0, 0.1) is 0 Å². The lowest BCUT2D eigenvalue weighted by Gasteiger charge is -2.10. The van der Waals surface area contributed by atoms with E-state index in [-0.39, 0.29) is 11.5 Å². The highest BCUT2D eigenvalue weighted by Gasteiger charge is 2.14. The van der Waals surface area contributed by atoms with Crippen LogP contribution in [0.2, 0.25) is 5.02 Å². The second kappa shape index (κ2) is 5.69. The molecule has 3 heteroatoms. The van der Waals surface area contributed by atoms with Gasteiger partial charge < -0.3 is 5.11 Å². The van der Waals surface area contributed by atoms with E-state index in [1.54, 1.807) is 18.2 Å². The molecule has 1 N–H and O–H groups in total. The van der Waals surface area contributed by atoms with E-state index in [1.807, 2.05) is 19.1 Å². The molecular weight excluding hydrogens is 236 g/mol. The van der Waals surface area contributed by atoms with Crippen molar-refractivity contribution in [1.29, 1.82) is 0 Å². The first kappa shape index (κ1) is 13.5. The van der Waals surface area contributed by atoms with E-state index < -0.39 is 0 Å². The zero-order chi connectivity index (χ0) is 13.0. The van der Waals surface area contributed by atoms with Crippen LogP contribution in [0.25, 0.3) is 5.57 Å². The highest BCUT2D eigenvalue weighted by atomic mass is 35.5. The molecule has 0 spiro atoms. The average molecular weight is 251 g/mol. The van der Waals surface area contributed by atoms with Crippen molar-refractivity contribution in [2.24, 2.45) is 0 Å². The van der Waals surface area contributed by atoms with Gasteiger partial charge in [0.2, 0.25) is 0 Å². The second-order valence-corrected chi connectivity index (χ2v) is 4.16. The lowest BCUT2D eigenvalue weighted by Crippen LogP contribution is -2.03. The van der Waals surface area contributed by atoms with Gasteiger partial charge in [-0.3, -0.25) is 4.79 Å². The summed E-state index contributed by atoms with van der Waals surface area (Å²) >= 11 is 5.82. The summed E-state index contributed by atoms with van der Waals surface area (Å²) in [5, 5.41) is 10.2. The van der Waals surface area contributed by atoms with E-state index in [0.29, 0.717) is 16.2 Å². The van der Waals surface area contributed by atoms with Crippen molar-refractivity contribution in [2.75, 3.05) is 0 Å². The van der Waals surface area contributed by atoms with Gasteiger partial charge in [0.15, 0.2) is 5.78 Å². The van der Waals surface area contributed by atoms with Crippen molar-refractivity contribution in [3.63, 3.8) is 0 Å². The van der Waals surface area contributed by atoms with E-state index in [1.165, 1.54) is 13.8 Å². The van der Waals surface area contributed by atoms with Gasteiger partial charge in [0.05, 0.1) is 5.57 Å². The number of benzene rings is 1. The quantitative estimate of drug-likeness (QED) is 0.497. The molecule has 90 valence electrons. The largest absolute Gasteiger partial charge is 0.512 e. The number of aliphatic hydroxyl groups is 1. The van der Waals surface area contributed by atoms with Gasteiger partial charge in [-0.2, -0.15) is 0 Å². The van der Waals surface area contributed by atoms with E-state index in [2.05, 4.69) is 0 Å². The number of Topliss-reactive ketones (excluding diaryl/α,β-unsaturated/α-hetero) is 1. The maximum absolute atomic E-state index is 11.5. The molecule has 0 atom stereocenters. The third-order valence-electron chi connectivity index (χ3n) is 2.43. The molecule has 0 aliphatic rings. The summed E-state index contributed by atoms with van der Waals surface area (Å²) < 4.78 is 0. The SMILES string of the molecule is C/C=C(/C(C(C)=O)=C(\C)O)c1ccc(Cl)cc1. The Morgan fingerprint density at radius 2 is 1.76 bits per heavy atom. The zero-order valence-corrected chi connectivity index (χ0v) is 10.9. The highest BCUT2D eigenvalue weighted by molar-refractivity contribution is 6.30. The maximum atomic E-state index is 11.5. The molecule has 1 rings (SSSR count). The third-order valence-corrected chi connectivity index (χ3v) is 2.68. The Labute approximate surface area is 106 Å². The Hall–Kier alpha value is -1.54. The number of carbonyl (C=O) groups excluding carboxylic acids is 1. The maximum Gasteiger partial charge on any atom is 0.163 e. The van der Waals surface area contributed by atoms with Crippen molar-refractivity contribution < 1.29 is 9.90 Å². The molecule has 0 saturated carbocycles. The Morgan fingerprint density at radius 3 is 2.12 bits per heavy atom. The fourth-order valence-corrected chi connectivity index (χ4v) is 1.85. The van der Waals surface area contributed by atoms with Gasteiger partial charge in [-0.05, 0) is 44.0 Å². The monoisotopic (exact) mass is 250 g/mol. The molecule has 0 unspecified atom stereocenters. The Balaban J connectivity index is 3.30. The number of halogens is 1. The van der Waals surface area contributed by atoms with Crippen molar-refractivity contribution in [3.05, 3.63) is 52.3 Å². The molecule has 0 heterocycles. The fourth-order valence-electron chi connectivity index (χ4n) is 1.72. The average Bonchev–Trinajstić information content (AvgIpc) is 2.26. The minimum atomic E-state index is -0.159. The Bertz CT molecular complexity index is 477. The van der Waals surface area contributed by atoms with Crippen LogP contribution in [-0.2, 0) is 4.79 Å². The van der Waals surface area contributed by atoms with Crippen molar-refractivity contribution in [2.45, 2.75) is 20.8 Å². The van der Waals surface area contributed by atoms with Crippen LogP contribution in [0.5, 0.6) is 0 Å². The minimum absolute atomic E-state index is 0.0283. The first-order chi connectivity index (χ1) is 7.97. The molecule has 0 fully saturated rings. The summed E-state index contributed by atoms with van der Waals surface area (Å²) in [6.07, 6.45) is 1.81. The van der Waals surface area contributed by atoms with Gasteiger partial charge in [-0.1, -0.05) is 29.8 Å². The molecule has 0 aromatic heterocycles. The number of carbonyl (C=O) groups is 1. The van der Waals surface area contributed by atoms with Crippen molar-refractivity contribution in [1.82, 2.24) is 0 Å². The number of hydrogen-bond donors (Lipinski definition) is 1. The van der Waals surface area contributed by atoms with E-state index >= 15 is 0 Å². The number of aliphatic hydroxyl groups excluding tert-OH is 1. The van der Waals surface area contributed by atoms with Gasteiger partial charge in [-0.25, -0.2) is 0 Å². The molecule has 1 aromatic carbocycles. The van der Waals surface area contributed by atoms with E-state index in [0.717, 1.165) is 5.56 Å². The third kappa shape index (κ3) is 3.21. The molecule has 0 bridgehead atoms.